The summed E-state index contributed by atoms with van der Waals surface area (Å²) in [7, 11) is 0. The molecule has 1 amide bonds. The summed E-state index contributed by atoms with van der Waals surface area (Å²) >= 11 is 0. The first-order chi connectivity index (χ1) is 15.2. The highest BCUT2D eigenvalue weighted by Crippen LogP contribution is 2.26. The molecule has 0 atom stereocenters. The maximum Gasteiger partial charge on any atom is 0.321 e. The number of carbonyl (C=O) groups is 1. The molecule has 0 aliphatic rings. The highest BCUT2D eigenvalue weighted by Gasteiger charge is 2.08. The SMILES string of the molecule is C#CCCC(=O)NCCNc1ncnc(OCc2cccc(-c3ccccc3)c2C)n1. The van der Waals surface area contributed by atoms with Gasteiger partial charge in [-0.15, -0.1) is 12.3 Å². The number of anilines is 1. The summed E-state index contributed by atoms with van der Waals surface area (Å²) in [5.74, 6) is 2.75. The summed E-state index contributed by atoms with van der Waals surface area (Å²) in [4.78, 5) is 24.0. The van der Waals surface area contributed by atoms with Gasteiger partial charge in [0.15, 0.2) is 0 Å². The van der Waals surface area contributed by atoms with Crippen LogP contribution < -0.4 is 15.4 Å². The lowest BCUT2D eigenvalue weighted by atomic mass is 9.97. The summed E-state index contributed by atoms with van der Waals surface area (Å²) in [6.07, 6.45) is 7.30. The van der Waals surface area contributed by atoms with Crippen LogP contribution in [0.15, 0.2) is 54.9 Å². The first-order valence-corrected chi connectivity index (χ1v) is 10.1. The van der Waals surface area contributed by atoms with E-state index in [1.165, 1.54) is 17.5 Å². The highest BCUT2D eigenvalue weighted by atomic mass is 16.5. The van der Waals surface area contributed by atoms with Crippen LogP contribution in [0.5, 0.6) is 6.01 Å². The molecule has 0 fully saturated rings. The van der Waals surface area contributed by atoms with Crippen molar-refractivity contribution in [1.82, 2.24) is 20.3 Å². The van der Waals surface area contributed by atoms with E-state index >= 15 is 0 Å². The Morgan fingerprint density at radius 3 is 2.74 bits per heavy atom. The molecule has 0 spiro atoms. The average Bonchev–Trinajstić information content (AvgIpc) is 2.81. The maximum atomic E-state index is 11.5. The van der Waals surface area contributed by atoms with Crippen LogP contribution in [0.25, 0.3) is 11.1 Å². The minimum atomic E-state index is -0.0764. The number of rotatable bonds is 10. The number of amides is 1. The lowest BCUT2D eigenvalue weighted by Crippen LogP contribution is -2.28. The molecule has 3 rings (SSSR count). The molecular weight excluding hydrogens is 390 g/mol. The van der Waals surface area contributed by atoms with E-state index in [0.29, 0.717) is 38.5 Å². The van der Waals surface area contributed by atoms with Crippen molar-refractivity contribution in [3.63, 3.8) is 0 Å². The average molecular weight is 415 g/mol. The third-order valence-electron chi connectivity index (χ3n) is 4.66. The number of nitrogens with zero attached hydrogens (tertiary/aromatic N) is 3. The molecule has 2 aromatic carbocycles. The molecule has 0 saturated carbocycles. The van der Waals surface area contributed by atoms with Gasteiger partial charge in [-0.05, 0) is 29.2 Å². The zero-order valence-corrected chi connectivity index (χ0v) is 17.5. The molecular formula is C24H25N5O2. The van der Waals surface area contributed by atoms with Gasteiger partial charge < -0.3 is 15.4 Å². The van der Waals surface area contributed by atoms with Crippen molar-refractivity contribution in [3.8, 4) is 29.5 Å². The largest absolute Gasteiger partial charge is 0.458 e. The number of hydrogen-bond donors (Lipinski definition) is 2. The zero-order chi connectivity index (χ0) is 21.9. The van der Waals surface area contributed by atoms with Crippen molar-refractivity contribution in [2.24, 2.45) is 0 Å². The quantitative estimate of drug-likeness (QED) is 0.390. The lowest BCUT2D eigenvalue weighted by molar-refractivity contribution is -0.120. The van der Waals surface area contributed by atoms with Crippen LogP contribution in [0.3, 0.4) is 0 Å². The predicted molar refractivity (Wildman–Crippen MR) is 120 cm³/mol. The third kappa shape index (κ3) is 6.54. The lowest BCUT2D eigenvalue weighted by Gasteiger charge is -2.12. The smallest absolute Gasteiger partial charge is 0.321 e. The van der Waals surface area contributed by atoms with E-state index in [4.69, 9.17) is 11.2 Å². The second-order valence-corrected chi connectivity index (χ2v) is 6.82. The Labute approximate surface area is 182 Å². The van der Waals surface area contributed by atoms with Gasteiger partial charge in [-0.2, -0.15) is 9.97 Å². The second kappa shape index (κ2) is 11.3. The van der Waals surface area contributed by atoms with E-state index in [1.807, 2.05) is 30.3 Å². The van der Waals surface area contributed by atoms with E-state index in [2.05, 4.69) is 56.6 Å². The molecule has 0 aliphatic heterocycles. The Balaban J connectivity index is 1.54. The first-order valence-electron chi connectivity index (χ1n) is 10.1. The standard InChI is InChI=1S/C24H25N5O2/c1-3-4-13-22(30)25-14-15-26-23-27-17-28-24(29-23)31-16-20-11-8-12-21(18(20)2)19-9-6-5-7-10-19/h1,5-12,17H,4,13-16H2,2H3,(H,25,30)(H,26,27,28,29). The van der Waals surface area contributed by atoms with Crippen molar-refractivity contribution in [3.05, 3.63) is 66.0 Å². The van der Waals surface area contributed by atoms with E-state index in [9.17, 15) is 4.79 Å². The molecule has 2 N–H and O–H groups in total. The fourth-order valence-electron chi connectivity index (χ4n) is 3.00. The topological polar surface area (TPSA) is 89.0 Å². The number of aromatic nitrogens is 3. The van der Waals surface area contributed by atoms with E-state index in [-0.39, 0.29) is 11.9 Å². The number of ether oxygens (including phenoxy) is 1. The maximum absolute atomic E-state index is 11.5. The van der Waals surface area contributed by atoms with Crippen molar-refractivity contribution in [2.45, 2.75) is 26.4 Å². The predicted octanol–water partition coefficient (Wildman–Crippen LogP) is 3.37. The van der Waals surface area contributed by atoms with Crippen LogP contribution in [0.2, 0.25) is 0 Å². The van der Waals surface area contributed by atoms with Gasteiger partial charge in [-0.25, -0.2) is 4.98 Å². The Kier molecular flexibility index (Phi) is 7.95. The number of terminal acetylenes is 1. The molecule has 0 aliphatic carbocycles. The number of hydrogen-bond acceptors (Lipinski definition) is 6. The summed E-state index contributed by atoms with van der Waals surface area (Å²) in [5, 5.41) is 5.81. The summed E-state index contributed by atoms with van der Waals surface area (Å²) < 4.78 is 5.80. The van der Waals surface area contributed by atoms with Crippen molar-refractivity contribution >= 4 is 11.9 Å². The van der Waals surface area contributed by atoms with Gasteiger partial charge in [0.2, 0.25) is 11.9 Å². The number of benzene rings is 2. The van der Waals surface area contributed by atoms with Crippen LogP contribution in [0.1, 0.15) is 24.0 Å². The minimum absolute atomic E-state index is 0.0764. The van der Waals surface area contributed by atoms with Gasteiger partial charge >= 0.3 is 6.01 Å². The van der Waals surface area contributed by atoms with Crippen LogP contribution in [-0.4, -0.2) is 33.9 Å². The fraction of sp³-hybridized carbons (Fsp3) is 0.250. The van der Waals surface area contributed by atoms with Crippen LogP contribution in [-0.2, 0) is 11.4 Å². The monoisotopic (exact) mass is 415 g/mol. The van der Waals surface area contributed by atoms with Crippen LogP contribution in [0.4, 0.5) is 5.95 Å². The molecule has 0 unspecified atom stereocenters. The normalized spacial score (nSPS) is 10.2. The van der Waals surface area contributed by atoms with E-state index < -0.39 is 0 Å². The molecule has 1 heterocycles. The fourth-order valence-corrected chi connectivity index (χ4v) is 3.00. The second-order valence-electron chi connectivity index (χ2n) is 6.82. The minimum Gasteiger partial charge on any atom is -0.458 e. The zero-order valence-electron chi connectivity index (χ0n) is 17.5. The molecule has 0 bridgehead atoms. The van der Waals surface area contributed by atoms with Gasteiger partial charge in [-0.1, -0.05) is 48.5 Å². The molecule has 0 radical (unpaired) electrons. The van der Waals surface area contributed by atoms with Crippen LogP contribution in [0, 0.1) is 19.3 Å². The molecule has 158 valence electrons. The number of nitrogens with one attached hydrogen (secondary N) is 2. The molecule has 31 heavy (non-hydrogen) atoms. The Hall–Kier alpha value is -3.92. The molecule has 7 heteroatoms. The van der Waals surface area contributed by atoms with Crippen LogP contribution >= 0.6 is 0 Å². The van der Waals surface area contributed by atoms with Gasteiger partial charge in [0.25, 0.3) is 0 Å². The van der Waals surface area contributed by atoms with Gasteiger partial charge in [0.05, 0.1) is 0 Å². The third-order valence-corrected chi connectivity index (χ3v) is 4.66. The Bertz CT molecular complexity index is 1050. The van der Waals surface area contributed by atoms with Crippen molar-refractivity contribution < 1.29 is 9.53 Å². The van der Waals surface area contributed by atoms with E-state index in [1.54, 1.807) is 0 Å². The molecule has 0 saturated heterocycles. The van der Waals surface area contributed by atoms with E-state index in [0.717, 1.165) is 11.1 Å². The first kappa shape index (κ1) is 21.8. The van der Waals surface area contributed by atoms with Gasteiger partial charge in [0, 0.05) is 25.9 Å². The molecule has 1 aromatic heterocycles. The number of carbonyl (C=O) groups excluding carboxylic acids is 1. The van der Waals surface area contributed by atoms with Crippen molar-refractivity contribution in [2.75, 3.05) is 18.4 Å². The summed E-state index contributed by atoms with van der Waals surface area (Å²) in [5.41, 5.74) is 4.55. The summed E-state index contributed by atoms with van der Waals surface area (Å²) in [6.45, 7) is 3.35. The van der Waals surface area contributed by atoms with Gasteiger partial charge in [0.1, 0.15) is 12.9 Å². The Morgan fingerprint density at radius 2 is 1.94 bits per heavy atom. The Morgan fingerprint density at radius 1 is 1.10 bits per heavy atom. The summed E-state index contributed by atoms with van der Waals surface area (Å²) in [6, 6.07) is 16.6. The van der Waals surface area contributed by atoms with Crippen molar-refractivity contribution in [1.29, 1.82) is 0 Å². The molecule has 7 nitrogen and oxygen atoms in total. The highest BCUT2D eigenvalue weighted by molar-refractivity contribution is 5.76. The molecule has 3 aromatic rings. The van der Waals surface area contributed by atoms with Gasteiger partial charge in [-0.3, -0.25) is 4.79 Å².